The van der Waals surface area contributed by atoms with Crippen LogP contribution in [-0.4, -0.2) is 7.11 Å². The zero-order valence-corrected chi connectivity index (χ0v) is 15.4. The molecule has 0 saturated heterocycles. The van der Waals surface area contributed by atoms with Crippen molar-refractivity contribution in [3.8, 4) is 11.5 Å². The number of hydrogen-bond donors (Lipinski definition) is 1. The minimum absolute atomic E-state index is 0.526. The molecule has 0 atom stereocenters. The summed E-state index contributed by atoms with van der Waals surface area (Å²) in [4.78, 5) is 0. The van der Waals surface area contributed by atoms with Crippen molar-refractivity contribution in [1.82, 2.24) is 0 Å². The van der Waals surface area contributed by atoms with Crippen molar-refractivity contribution < 1.29 is 9.47 Å². The Labute approximate surface area is 155 Å². The maximum atomic E-state index is 5.92. The first-order valence-electron chi connectivity index (χ1n) is 8.95. The molecule has 0 fully saturated rings. The molecule has 3 aromatic carbocycles. The number of aryl methyl sites for hydroxylation is 1. The Morgan fingerprint density at radius 1 is 0.808 bits per heavy atom. The van der Waals surface area contributed by atoms with E-state index < -0.39 is 0 Å². The molecule has 0 radical (unpaired) electrons. The van der Waals surface area contributed by atoms with E-state index in [4.69, 9.17) is 9.47 Å². The van der Waals surface area contributed by atoms with Gasteiger partial charge in [0.05, 0.1) is 7.11 Å². The molecule has 0 aliphatic carbocycles. The lowest BCUT2D eigenvalue weighted by Crippen LogP contribution is -2.03. The molecule has 3 aromatic rings. The molecular weight excluding hydrogens is 322 g/mol. The number of benzene rings is 3. The maximum Gasteiger partial charge on any atom is 0.161 e. The molecule has 0 bridgehead atoms. The van der Waals surface area contributed by atoms with Crippen LogP contribution in [0.4, 0.5) is 5.69 Å². The average molecular weight is 347 g/mol. The summed E-state index contributed by atoms with van der Waals surface area (Å²) in [6.45, 7) is 3.44. The first kappa shape index (κ1) is 17.9. The fraction of sp³-hybridized carbons (Fsp3) is 0.217. The van der Waals surface area contributed by atoms with Gasteiger partial charge in [0.15, 0.2) is 11.5 Å². The highest BCUT2D eigenvalue weighted by molar-refractivity contribution is 5.52. The van der Waals surface area contributed by atoms with Crippen molar-refractivity contribution >= 4 is 5.69 Å². The summed E-state index contributed by atoms with van der Waals surface area (Å²) in [7, 11) is 1.67. The van der Waals surface area contributed by atoms with Crippen molar-refractivity contribution in [3.63, 3.8) is 0 Å². The van der Waals surface area contributed by atoms with E-state index in [0.717, 1.165) is 35.6 Å². The van der Waals surface area contributed by atoms with Crippen molar-refractivity contribution in [2.45, 2.75) is 26.5 Å². The molecule has 0 aromatic heterocycles. The smallest absolute Gasteiger partial charge is 0.161 e. The second kappa shape index (κ2) is 8.95. The van der Waals surface area contributed by atoms with Gasteiger partial charge >= 0.3 is 0 Å². The first-order chi connectivity index (χ1) is 12.8. The van der Waals surface area contributed by atoms with Gasteiger partial charge < -0.3 is 14.8 Å². The molecule has 0 spiro atoms. The average Bonchev–Trinajstić information content (AvgIpc) is 2.71. The highest BCUT2D eigenvalue weighted by Gasteiger charge is 2.07. The summed E-state index contributed by atoms with van der Waals surface area (Å²) in [5.41, 5.74) is 4.79. The molecule has 3 heteroatoms. The van der Waals surface area contributed by atoms with Gasteiger partial charge in [0.1, 0.15) is 6.61 Å². The van der Waals surface area contributed by atoms with Crippen LogP contribution in [-0.2, 0) is 19.6 Å². The highest BCUT2D eigenvalue weighted by Crippen LogP contribution is 2.29. The molecule has 1 N–H and O–H groups in total. The van der Waals surface area contributed by atoms with Gasteiger partial charge in [-0.05, 0) is 41.3 Å². The lowest BCUT2D eigenvalue weighted by Gasteiger charge is -2.14. The standard InChI is InChI=1S/C23H25NO2/c1-3-20-11-7-8-12-21(20)24-16-19-13-14-22(23(15-19)25-2)26-17-18-9-5-4-6-10-18/h4-15,24H,3,16-17H2,1-2H3. The molecule has 0 heterocycles. The molecule has 134 valence electrons. The summed E-state index contributed by atoms with van der Waals surface area (Å²) >= 11 is 0. The van der Waals surface area contributed by atoms with Crippen LogP contribution >= 0.6 is 0 Å². The van der Waals surface area contributed by atoms with E-state index in [2.05, 4.69) is 54.7 Å². The van der Waals surface area contributed by atoms with Crippen LogP contribution in [0.5, 0.6) is 11.5 Å². The van der Waals surface area contributed by atoms with E-state index in [9.17, 15) is 0 Å². The van der Waals surface area contributed by atoms with Gasteiger partial charge in [0.25, 0.3) is 0 Å². The van der Waals surface area contributed by atoms with Crippen molar-refractivity contribution in [2.75, 3.05) is 12.4 Å². The topological polar surface area (TPSA) is 30.5 Å². The second-order valence-electron chi connectivity index (χ2n) is 6.12. The second-order valence-corrected chi connectivity index (χ2v) is 6.12. The van der Waals surface area contributed by atoms with Gasteiger partial charge in [0, 0.05) is 12.2 Å². The quantitative estimate of drug-likeness (QED) is 0.588. The Bertz CT molecular complexity index is 831. The lowest BCUT2D eigenvalue weighted by atomic mass is 10.1. The summed E-state index contributed by atoms with van der Waals surface area (Å²) in [6.07, 6.45) is 1.01. The SMILES string of the molecule is CCc1ccccc1NCc1ccc(OCc2ccccc2)c(OC)c1. The zero-order valence-electron chi connectivity index (χ0n) is 15.4. The number of para-hydroxylation sites is 1. The number of methoxy groups -OCH3 is 1. The maximum absolute atomic E-state index is 5.92. The van der Waals surface area contributed by atoms with Crippen LogP contribution in [0.3, 0.4) is 0 Å². The number of hydrogen-bond acceptors (Lipinski definition) is 3. The Morgan fingerprint density at radius 2 is 1.58 bits per heavy atom. The van der Waals surface area contributed by atoms with E-state index in [0.29, 0.717) is 6.61 Å². The largest absolute Gasteiger partial charge is 0.493 e. The molecule has 0 unspecified atom stereocenters. The van der Waals surface area contributed by atoms with Crippen LogP contribution in [0.1, 0.15) is 23.6 Å². The van der Waals surface area contributed by atoms with Crippen molar-refractivity contribution in [1.29, 1.82) is 0 Å². The predicted octanol–water partition coefficient (Wildman–Crippen LogP) is 5.45. The third-order valence-corrected chi connectivity index (χ3v) is 4.35. The normalized spacial score (nSPS) is 10.4. The minimum atomic E-state index is 0.526. The van der Waals surface area contributed by atoms with Gasteiger partial charge in [0.2, 0.25) is 0 Å². The summed E-state index contributed by atoms with van der Waals surface area (Å²) in [5, 5.41) is 3.51. The van der Waals surface area contributed by atoms with Crippen molar-refractivity contribution in [3.05, 3.63) is 89.5 Å². The first-order valence-corrected chi connectivity index (χ1v) is 8.95. The molecule has 0 aliphatic heterocycles. The van der Waals surface area contributed by atoms with Gasteiger partial charge in [-0.1, -0.05) is 61.5 Å². The van der Waals surface area contributed by atoms with E-state index in [-0.39, 0.29) is 0 Å². The fourth-order valence-electron chi connectivity index (χ4n) is 2.87. The molecule has 0 aliphatic rings. The number of rotatable bonds is 8. The van der Waals surface area contributed by atoms with Crippen molar-refractivity contribution in [2.24, 2.45) is 0 Å². The van der Waals surface area contributed by atoms with Gasteiger partial charge in [-0.25, -0.2) is 0 Å². The van der Waals surface area contributed by atoms with Gasteiger partial charge in [-0.2, -0.15) is 0 Å². The lowest BCUT2D eigenvalue weighted by molar-refractivity contribution is 0.284. The molecule has 3 nitrogen and oxygen atoms in total. The van der Waals surface area contributed by atoms with E-state index in [1.807, 2.05) is 30.3 Å². The molecule has 0 saturated carbocycles. The highest BCUT2D eigenvalue weighted by atomic mass is 16.5. The van der Waals surface area contributed by atoms with Gasteiger partial charge in [-0.3, -0.25) is 0 Å². The zero-order chi connectivity index (χ0) is 18.2. The van der Waals surface area contributed by atoms with Crippen LogP contribution in [0.25, 0.3) is 0 Å². The third-order valence-electron chi connectivity index (χ3n) is 4.35. The summed E-state index contributed by atoms with van der Waals surface area (Å²) < 4.78 is 11.4. The minimum Gasteiger partial charge on any atom is -0.493 e. The van der Waals surface area contributed by atoms with E-state index in [1.165, 1.54) is 11.3 Å². The number of ether oxygens (including phenoxy) is 2. The molecule has 26 heavy (non-hydrogen) atoms. The van der Waals surface area contributed by atoms with E-state index in [1.54, 1.807) is 7.11 Å². The Balaban J connectivity index is 1.66. The van der Waals surface area contributed by atoms with E-state index >= 15 is 0 Å². The fourth-order valence-corrected chi connectivity index (χ4v) is 2.87. The van der Waals surface area contributed by atoms with Crippen LogP contribution < -0.4 is 14.8 Å². The summed E-state index contributed by atoms with van der Waals surface area (Å²) in [5.74, 6) is 1.51. The molecule has 3 rings (SSSR count). The van der Waals surface area contributed by atoms with Gasteiger partial charge in [-0.15, -0.1) is 0 Å². The number of anilines is 1. The monoisotopic (exact) mass is 347 g/mol. The van der Waals surface area contributed by atoms with Crippen LogP contribution in [0.15, 0.2) is 72.8 Å². The van der Waals surface area contributed by atoms with Crippen LogP contribution in [0, 0.1) is 0 Å². The Kier molecular flexibility index (Phi) is 6.15. The Morgan fingerprint density at radius 3 is 2.35 bits per heavy atom. The Hall–Kier alpha value is -2.94. The number of nitrogens with one attached hydrogen (secondary N) is 1. The summed E-state index contributed by atoms with van der Waals surface area (Å²) in [6, 6.07) is 24.6. The van der Waals surface area contributed by atoms with Crippen LogP contribution in [0.2, 0.25) is 0 Å². The molecular formula is C23H25NO2. The molecule has 0 amide bonds. The predicted molar refractivity (Wildman–Crippen MR) is 107 cm³/mol. The third kappa shape index (κ3) is 4.57.